The normalized spacial score (nSPS) is 12.1. The fourth-order valence-corrected chi connectivity index (χ4v) is 4.49. The number of rotatable bonds is 7. The van der Waals surface area contributed by atoms with Crippen molar-refractivity contribution in [1.29, 1.82) is 0 Å². The van der Waals surface area contributed by atoms with E-state index in [1.165, 1.54) is 47.7 Å². The SMILES string of the molecule is Cn1cnc(C(=O)/C=C(\O)c2cn(S(=O)(=O)c3ccccc3)cc2Cc2ccc(F)cc2)n1. The number of halogens is 1. The molecule has 0 saturated heterocycles. The van der Waals surface area contributed by atoms with E-state index in [0.717, 1.165) is 10.0 Å². The molecule has 0 amide bonds. The summed E-state index contributed by atoms with van der Waals surface area (Å²) in [5, 5.41) is 14.6. The largest absolute Gasteiger partial charge is 0.507 e. The fraction of sp³-hybridized carbons (Fsp3) is 0.0870. The van der Waals surface area contributed by atoms with Gasteiger partial charge in [-0.1, -0.05) is 30.3 Å². The van der Waals surface area contributed by atoms with Crippen molar-refractivity contribution < 1.29 is 22.7 Å². The van der Waals surface area contributed by atoms with Crippen molar-refractivity contribution in [3.05, 3.63) is 108 Å². The topological polar surface area (TPSA) is 107 Å². The molecule has 0 aliphatic rings. The van der Waals surface area contributed by atoms with Gasteiger partial charge in [-0.05, 0) is 41.8 Å². The second-order valence-corrected chi connectivity index (χ2v) is 9.13. The van der Waals surface area contributed by atoms with Gasteiger partial charge in [0.1, 0.15) is 17.9 Å². The number of benzene rings is 2. The molecule has 168 valence electrons. The molecular weight excluding hydrogens is 447 g/mol. The molecule has 0 aliphatic carbocycles. The molecule has 0 saturated carbocycles. The summed E-state index contributed by atoms with van der Waals surface area (Å²) in [5.41, 5.74) is 1.26. The first-order valence-electron chi connectivity index (χ1n) is 9.81. The molecule has 0 aliphatic heterocycles. The van der Waals surface area contributed by atoms with Crippen LogP contribution < -0.4 is 0 Å². The number of nitrogens with zero attached hydrogens (tertiary/aromatic N) is 4. The molecule has 33 heavy (non-hydrogen) atoms. The number of aliphatic hydroxyl groups is 1. The second-order valence-electron chi connectivity index (χ2n) is 7.28. The number of aryl methyl sites for hydroxylation is 1. The highest BCUT2D eigenvalue weighted by Crippen LogP contribution is 2.25. The van der Waals surface area contributed by atoms with E-state index in [1.54, 1.807) is 37.4 Å². The lowest BCUT2D eigenvalue weighted by Crippen LogP contribution is -2.10. The molecule has 2 heterocycles. The van der Waals surface area contributed by atoms with Gasteiger partial charge in [0.15, 0.2) is 0 Å². The van der Waals surface area contributed by atoms with Crippen LogP contribution in [0.2, 0.25) is 0 Å². The molecule has 0 unspecified atom stereocenters. The Hall–Kier alpha value is -4.05. The highest BCUT2D eigenvalue weighted by molar-refractivity contribution is 7.90. The summed E-state index contributed by atoms with van der Waals surface area (Å²) in [6.07, 6.45) is 5.10. The number of hydrogen-bond donors (Lipinski definition) is 1. The number of allylic oxidation sites excluding steroid dienone is 1. The maximum absolute atomic E-state index is 13.3. The van der Waals surface area contributed by atoms with Crippen molar-refractivity contribution in [1.82, 2.24) is 18.7 Å². The van der Waals surface area contributed by atoms with Crippen LogP contribution in [-0.4, -0.2) is 38.0 Å². The zero-order chi connectivity index (χ0) is 23.6. The molecule has 4 rings (SSSR count). The Balaban J connectivity index is 1.77. The van der Waals surface area contributed by atoms with Crippen LogP contribution in [0.5, 0.6) is 0 Å². The Labute approximate surface area is 189 Å². The number of aromatic nitrogens is 4. The fourth-order valence-electron chi connectivity index (χ4n) is 3.24. The lowest BCUT2D eigenvalue weighted by atomic mass is 10.0. The summed E-state index contributed by atoms with van der Waals surface area (Å²) >= 11 is 0. The van der Waals surface area contributed by atoms with E-state index in [-0.39, 0.29) is 22.7 Å². The Morgan fingerprint density at radius 1 is 1.09 bits per heavy atom. The van der Waals surface area contributed by atoms with Crippen LogP contribution in [0, 0.1) is 5.82 Å². The maximum Gasteiger partial charge on any atom is 0.267 e. The van der Waals surface area contributed by atoms with Gasteiger partial charge in [0.25, 0.3) is 10.0 Å². The minimum atomic E-state index is -3.95. The van der Waals surface area contributed by atoms with Gasteiger partial charge < -0.3 is 5.11 Å². The van der Waals surface area contributed by atoms with Crippen molar-refractivity contribution in [3.8, 4) is 0 Å². The minimum absolute atomic E-state index is 0.0668. The number of hydrogen-bond acceptors (Lipinski definition) is 6. The van der Waals surface area contributed by atoms with Crippen molar-refractivity contribution >= 4 is 21.6 Å². The predicted octanol–water partition coefficient (Wildman–Crippen LogP) is 3.37. The van der Waals surface area contributed by atoms with Crippen LogP contribution in [0.3, 0.4) is 0 Å². The number of aliphatic hydroxyl groups excluding tert-OH is 1. The lowest BCUT2D eigenvalue weighted by Gasteiger charge is -2.05. The molecule has 2 aromatic heterocycles. The summed E-state index contributed by atoms with van der Waals surface area (Å²) in [6, 6.07) is 13.5. The van der Waals surface area contributed by atoms with Crippen molar-refractivity contribution in [3.63, 3.8) is 0 Å². The van der Waals surface area contributed by atoms with Crippen LogP contribution in [0.1, 0.15) is 27.3 Å². The number of carbonyl (C=O) groups is 1. The molecule has 10 heteroatoms. The molecule has 4 aromatic rings. The third kappa shape index (κ3) is 4.75. The standard InChI is InChI=1S/C23H19FN4O4S/c1-27-15-25-23(26-27)22(30)12-21(29)20-14-28(33(31,32)19-5-3-2-4-6-19)13-17(20)11-16-7-9-18(24)10-8-16/h2-10,12-15,29H,11H2,1H3/b21-12-. The van der Waals surface area contributed by atoms with E-state index in [9.17, 15) is 22.7 Å². The van der Waals surface area contributed by atoms with E-state index < -0.39 is 27.4 Å². The van der Waals surface area contributed by atoms with E-state index >= 15 is 0 Å². The average molecular weight is 466 g/mol. The van der Waals surface area contributed by atoms with Gasteiger partial charge in [-0.15, -0.1) is 5.10 Å². The first-order valence-corrected chi connectivity index (χ1v) is 11.2. The average Bonchev–Trinajstić information content (AvgIpc) is 3.43. The molecule has 2 aromatic carbocycles. The van der Waals surface area contributed by atoms with Crippen molar-refractivity contribution in [2.75, 3.05) is 0 Å². The van der Waals surface area contributed by atoms with Crippen LogP contribution in [0.25, 0.3) is 5.76 Å². The summed E-state index contributed by atoms with van der Waals surface area (Å²) < 4.78 is 41.8. The van der Waals surface area contributed by atoms with Gasteiger partial charge in [-0.25, -0.2) is 21.8 Å². The van der Waals surface area contributed by atoms with Crippen molar-refractivity contribution in [2.45, 2.75) is 11.3 Å². The summed E-state index contributed by atoms with van der Waals surface area (Å²) in [7, 11) is -2.35. The van der Waals surface area contributed by atoms with Crippen LogP contribution in [0.15, 0.2) is 84.3 Å². The molecular formula is C23H19FN4O4S. The van der Waals surface area contributed by atoms with E-state index in [0.29, 0.717) is 11.1 Å². The molecule has 0 fully saturated rings. The summed E-state index contributed by atoms with van der Waals surface area (Å²) in [5.74, 6) is -1.59. The number of ketones is 1. The minimum Gasteiger partial charge on any atom is -0.507 e. The lowest BCUT2D eigenvalue weighted by molar-refractivity contribution is 0.103. The Morgan fingerprint density at radius 3 is 2.42 bits per heavy atom. The molecule has 0 atom stereocenters. The van der Waals surface area contributed by atoms with E-state index in [1.807, 2.05) is 0 Å². The van der Waals surface area contributed by atoms with Crippen molar-refractivity contribution in [2.24, 2.45) is 7.05 Å². The van der Waals surface area contributed by atoms with E-state index in [2.05, 4.69) is 10.1 Å². The second kappa shape index (κ2) is 8.83. The Bertz CT molecular complexity index is 1440. The van der Waals surface area contributed by atoms with Gasteiger partial charge in [0.2, 0.25) is 11.6 Å². The Morgan fingerprint density at radius 2 is 1.79 bits per heavy atom. The first-order chi connectivity index (χ1) is 15.7. The monoisotopic (exact) mass is 466 g/mol. The van der Waals surface area contributed by atoms with E-state index in [4.69, 9.17) is 0 Å². The third-order valence-corrected chi connectivity index (χ3v) is 6.51. The van der Waals surface area contributed by atoms with Gasteiger partial charge in [-0.3, -0.25) is 9.48 Å². The molecule has 8 nitrogen and oxygen atoms in total. The molecule has 0 bridgehead atoms. The zero-order valence-corrected chi connectivity index (χ0v) is 18.3. The molecule has 0 radical (unpaired) electrons. The van der Waals surface area contributed by atoms with Gasteiger partial charge >= 0.3 is 0 Å². The highest BCUT2D eigenvalue weighted by Gasteiger charge is 2.22. The smallest absolute Gasteiger partial charge is 0.267 e. The summed E-state index contributed by atoms with van der Waals surface area (Å²) in [6.45, 7) is 0. The quantitative estimate of drug-likeness (QED) is 0.254. The van der Waals surface area contributed by atoms with Gasteiger partial charge in [0, 0.05) is 31.1 Å². The zero-order valence-electron chi connectivity index (χ0n) is 17.5. The van der Waals surface area contributed by atoms with Gasteiger partial charge in [0.05, 0.1) is 4.90 Å². The summed E-state index contributed by atoms with van der Waals surface area (Å²) in [4.78, 5) is 16.4. The van der Waals surface area contributed by atoms with Crippen LogP contribution in [0.4, 0.5) is 4.39 Å². The predicted molar refractivity (Wildman–Crippen MR) is 119 cm³/mol. The Kier molecular flexibility index (Phi) is 5.93. The molecule has 1 N–H and O–H groups in total. The highest BCUT2D eigenvalue weighted by atomic mass is 32.2. The van der Waals surface area contributed by atoms with Crippen LogP contribution in [-0.2, 0) is 23.5 Å². The van der Waals surface area contributed by atoms with Gasteiger partial charge in [-0.2, -0.15) is 0 Å². The molecule has 0 spiro atoms. The van der Waals surface area contributed by atoms with Crippen LogP contribution >= 0.6 is 0 Å². The third-order valence-electron chi connectivity index (χ3n) is 4.88. The maximum atomic E-state index is 13.3. The first kappa shape index (κ1) is 22.2. The number of carbonyl (C=O) groups excluding carboxylic acids is 1.